The van der Waals surface area contributed by atoms with Gasteiger partial charge in [0, 0.05) is 58.9 Å². The molecule has 2 aliphatic carbocycles. The van der Waals surface area contributed by atoms with Gasteiger partial charge in [-0.3, -0.25) is 9.59 Å². The lowest BCUT2D eigenvalue weighted by atomic mass is 9.64. The quantitative estimate of drug-likeness (QED) is 0.441. The van der Waals surface area contributed by atoms with Gasteiger partial charge in [0.1, 0.15) is 12.4 Å². The molecule has 0 fully saturated rings. The summed E-state index contributed by atoms with van der Waals surface area (Å²) in [5.41, 5.74) is 5.44. The number of Topliss-reactive ketones (excluding diaryl/α,β-unsaturated/α-hetero) is 2. The fraction of sp³-hybridized carbons (Fsp3) is 0.419. The highest BCUT2D eigenvalue weighted by Gasteiger charge is 2.48. The van der Waals surface area contributed by atoms with Crippen molar-refractivity contribution in [2.45, 2.75) is 65.9 Å². The van der Waals surface area contributed by atoms with E-state index in [0.29, 0.717) is 24.5 Å². The third kappa shape index (κ3) is 4.52. The Morgan fingerprint density at radius 1 is 0.833 bits per heavy atom. The first-order valence-corrected chi connectivity index (χ1v) is 13.1. The van der Waals surface area contributed by atoms with Gasteiger partial charge >= 0.3 is 0 Å². The zero-order valence-electron chi connectivity index (χ0n) is 21.8. The first-order valence-electron chi connectivity index (χ1n) is 12.7. The van der Waals surface area contributed by atoms with E-state index in [1.54, 1.807) is 0 Å². The van der Waals surface area contributed by atoms with Crippen LogP contribution in [-0.4, -0.2) is 23.5 Å². The molecule has 2 aromatic rings. The maximum atomic E-state index is 13.6. The molecule has 0 bridgehead atoms. The molecule has 4 nitrogen and oxygen atoms in total. The molecule has 0 saturated heterocycles. The highest BCUT2D eigenvalue weighted by molar-refractivity contribution is 6.31. The maximum Gasteiger partial charge on any atom is 0.162 e. The van der Waals surface area contributed by atoms with Crippen LogP contribution < -0.4 is 4.74 Å². The summed E-state index contributed by atoms with van der Waals surface area (Å²) in [7, 11) is 2.04. The minimum atomic E-state index is -0.323. The number of halogens is 1. The number of carbonyl (C=O) groups is 2. The largest absolute Gasteiger partial charge is 0.489 e. The minimum absolute atomic E-state index is 0.0998. The molecule has 5 rings (SSSR count). The summed E-state index contributed by atoms with van der Waals surface area (Å²) in [6.07, 6.45) is 2.64. The van der Waals surface area contributed by atoms with Gasteiger partial charge in [0.15, 0.2) is 11.6 Å². The van der Waals surface area contributed by atoms with Crippen molar-refractivity contribution in [3.05, 3.63) is 87.2 Å². The van der Waals surface area contributed by atoms with Crippen molar-refractivity contribution in [2.75, 3.05) is 7.05 Å². The van der Waals surface area contributed by atoms with Crippen LogP contribution >= 0.6 is 11.6 Å². The smallest absolute Gasteiger partial charge is 0.162 e. The van der Waals surface area contributed by atoms with Crippen LogP contribution in [0.3, 0.4) is 0 Å². The van der Waals surface area contributed by atoms with Gasteiger partial charge in [0.25, 0.3) is 0 Å². The minimum Gasteiger partial charge on any atom is -0.489 e. The van der Waals surface area contributed by atoms with Crippen LogP contribution in [-0.2, 0) is 16.2 Å². The third-order valence-electron chi connectivity index (χ3n) is 7.75. The molecule has 5 heteroatoms. The molecule has 0 aromatic heterocycles. The number of benzene rings is 2. The van der Waals surface area contributed by atoms with Gasteiger partial charge in [0.2, 0.25) is 0 Å². The second-order valence-electron chi connectivity index (χ2n) is 12.0. The lowest BCUT2D eigenvalue weighted by molar-refractivity contribution is -0.119. The van der Waals surface area contributed by atoms with Crippen molar-refractivity contribution in [1.29, 1.82) is 0 Å². The van der Waals surface area contributed by atoms with E-state index in [1.807, 2.05) is 55.6 Å². The second-order valence-corrected chi connectivity index (χ2v) is 12.5. The van der Waals surface area contributed by atoms with Crippen LogP contribution in [0, 0.1) is 10.8 Å². The molecule has 36 heavy (non-hydrogen) atoms. The van der Waals surface area contributed by atoms with Gasteiger partial charge in [-0.2, -0.15) is 0 Å². The van der Waals surface area contributed by atoms with E-state index in [0.717, 1.165) is 52.3 Å². The molecular weight excluding hydrogens is 470 g/mol. The Morgan fingerprint density at radius 2 is 1.36 bits per heavy atom. The molecule has 3 aliphatic rings. The fourth-order valence-corrected chi connectivity index (χ4v) is 6.22. The predicted octanol–water partition coefficient (Wildman–Crippen LogP) is 7.23. The van der Waals surface area contributed by atoms with E-state index in [9.17, 15) is 9.59 Å². The van der Waals surface area contributed by atoms with E-state index < -0.39 is 0 Å². The van der Waals surface area contributed by atoms with Crippen LogP contribution in [0.2, 0.25) is 5.02 Å². The van der Waals surface area contributed by atoms with Gasteiger partial charge in [-0.25, -0.2) is 0 Å². The lowest BCUT2D eigenvalue weighted by Gasteiger charge is -2.47. The summed E-state index contributed by atoms with van der Waals surface area (Å²) >= 11 is 6.27. The van der Waals surface area contributed by atoms with Gasteiger partial charge in [0.05, 0.1) is 0 Å². The molecule has 0 N–H and O–H groups in total. The zero-order chi connectivity index (χ0) is 25.8. The molecule has 0 atom stereocenters. The lowest BCUT2D eigenvalue weighted by Crippen LogP contribution is -2.43. The normalized spacial score (nSPS) is 21.4. The Labute approximate surface area is 219 Å². The van der Waals surface area contributed by atoms with Crippen LogP contribution in [0.25, 0.3) is 0 Å². The number of rotatable bonds is 4. The fourth-order valence-electron chi connectivity index (χ4n) is 6.03. The highest BCUT2D eigenvalue weighted by atomic mass is 35.5. The Morgan fingerprint density at radius 3 is 1.89 bits per heavy atom. The number of hydrogen-bond donors (Lipinski definition) is 0. The molecule has 0 spiro atoms. The van der Waals surface area contributed by atoms with Crippen molar-refractivity contribution >= 4 is 23.2 Å². The summed E-state index contributed by atoms with van der Waals surface area (Å²) in [6.45, 7) is 9.00. The average Bonchev–Trinajstić information content (AvgIpc) is 2.79. The van der Waals surface area contributed by atoms with Crippen LogP contribution in [0.1, 0.15) is 70.4 Å². The third-order valence-corrected chi connectivity index (χ3v) is 8.11. The number of ketones is 2. The maximum absolute atomic E-state index is 13.6. The Kier molecular flexibility index (Phi) is 6.15. The van der Waals surface area contributed by atoms with Crippen molar-refractivity contribution in [3.63, 3.8) is 0 Å². The van der Waals surface area contributed by atoms with E-state index >= 15 is 0 Å². The van der Waals surface area contributed by atoms with Crippen molar-refractivity contribution < 1.29 is 14.3 Å². The van der Waals surface area contributed by atoms with Crippen LogP contribution in [0.15, 0.2) is 71.1 Å². The Hall–Kier alpha value is -2.85. The molecule has 0 saturated carbocycles. The number of allylic oxidation sites excluding steroid dienone is 4. The van der Waals surface area contributed by atoms with E-state index in [2.05, 4.69) is 32.6 Å². The monoisotopic (exact) mass is 503 g/mol. The summed E-state index contributed by atoms with van der Waals surface area (Å²) in [5.74, 6) is 0.709. The van der Waals surface area contributed by atoms with Crippen molar-refractivity contribution in [2.24, 2.45) is 10.8 Å². The van der Waals surface area contributed by atoms with Gasteiger partial charge in [-0.15, -0.1) is 0 Å². The van der Waals surface area contributed by atoms with Crippen LogP contribution in [0.5, 0.6) is 5.75 Å². The van der Waals surface area contributed by atoms with Crippen molar-refractivity contribution in [3.8, 4) is 5.75 Å². The number of hydrogen-bond acceptors (Lipinski definition) is 4. The number of nitrogens with zero attached hydrogens (tertiary/aromatic N) is 1. The van der Waals surface area contributed by atoms with Gasteiger partial charge in [-0.1, -0.05) is 69.6 Å². The summed E-state index contributed by atoms with van der Waals surface area (Å²) in [4.78, 5) is 29.3. The van der Waals surface area contributed by atoms with Crippen LogP contribution in [0.4, 0.5) is 0 Å². The molecule has 0 radical (unpaired) electrons. The molecule has 1 aliphatic heterocycles. The first kappa shape index (κ1) is 24.8. The van der Waals surface area contributed by atoms with Gasteiger partial charge < -0.3 is 9.64 Å². The second kappa shape index (κ2) is 8.92. The average molecular weight is 504 g/mol. The van der Waals surface area contributed by atoms with Gasteiger partial charge in [-0.05, 0) is 47.4 Å². The number of carbonyl (C=O) groups excluding carboxylic acids is 2. The molecule has 1 heterocycles. The number of ether oxygens (including phenoxy) is 1. The molecule has 0 unspecified atom stereocenters. The molecule has 0 amide bonds. The highest BCUT2D eigenvalue weighted by Crippen LogP contribution is 2.53. The SMILES string of the molecule is CN1C2=C(C(=O)CC(C)(C)C2)C(c2ccc(OCc3ccccc3Cl)cc2)C2=C1CC(C)(C)CC2=O. The van der Waals surface area contributed by atoms with Crippen molar-refractivity contribution in [1.82, 2.24) is 4.90 Å². The summed E-state index contributed by atoms with van der Waals surface area (Å²) in [5, 5.41) is 0.678. The molecule has 2 aromatic carbocycles. The Balaban J connectivity index is 1.53. The predicted molar refractivity (Wildman–Crippen MR) is 143 cm³/mol. The van der Waals surface area contributed by atoms with E-state index in [1.165, 1.54) is 0 Å². The molecular formula is C31H34ClNO3. The Bertz CT molecular complexity index is 1250. The van der Waals surface area contributed by atoms with E-state index in [-0.39, 0.29) is 28.3 Å². The van der Waals surface area contributed by atoms with E-state index in [4.69, 9.17) is 16.3 Å². The summed E-state index contributed by atoms with van der Waals surface area (Å²) < 4.78 is 5.99. The first-order chi connectivity index (χ1) is 17.0. The molecule has 188 valence electrons. The summed E-state index contributed by atoms with van der Waals surface area (Å²) in [6, 6.07) is 15.5. The topological polar surface area (TPSA) is 46.6 Å². The zero-order valence-corrected chi connectivity index (χ0v) is 22.5. The standard InChI is InChI=1S/C31H34ClNO3/c1-30(2)14-23-28(25(34)16-30)27(29-24(33(23)5)15-31(3,4)17-26(29)35)19-10-12-21(13-11-19)36-18-20-8-6-7-9-22(20)32/h6-13,27H,14-18H2,1-5H3.